The van der Waals surface area contributed by atoms with Crippen molar-refractivity contribution in [1.29, 1.82) is 0 Å². The van der Waals surface area contributed by atoms with Gasteiger partial charge in [0, 0.05) is 23.9 Å². The zero-order valence-electron chi connectivity index (χ0n) is 15.7. The molecule has 6 heteroatoms. The molecule has 0 aromatic heterocycles. The van der Waals surface area contributed by atoms with Crippen molar-refractivity contribution in [3.63, 3.8) is 0 Å². The first kappa shape index (κ1) is 18.9. The summed E-state index contributed by atoms with van der Waals surface area (Å²) in [5.74, 6) is 0.907. The first-order valence-corrected chi connectivity index (χ1v) is 9.09. The minimum absolute atomic E-state index is 0.100. The van der Waals surface area contributed by atoms with Crippen LogP contribution >= 0.6 is 0 Å². The highest BCUT2D eigenvalue weighted by molar-refractivity contribution is 6.10. The number of ether oxygens (including phenoxy) is 2. The Morgan fingerprint density at radius 3 is 2.78 bits per heavy atom. The Morgan fingerprint density at radius 2 is 2.07 bits per heavy atom. The summed E-state index contributed by atoms with van der Waals surface area (Å²) < 4.78 is 10.9. The SMILES string of the molecule is COc1cccc(NC(=NC[C@H]2CCCO2)NC(=O)c2ccc(C)cc2)c1. The fourth-order valence-corrected chi connectivity index (χ4v) is 2.81. The molecular weight excluding hydrogens is 342 g/mol. The Bertz CT molecular complexity index is 797. The van der Waals surface area contributed by atoms with E-state index in [1.54, 1.807) is 19.2 Å². The van der Waals surface area contributed by atoms with Gasteiger partial charge in [-0.2, -0.15) is 0 Å². The average Bonchev–Trinajstić information content (AvgIpc) is 3.20. The number of amides is 1. The number of carbonyl (C=O) groups excluding carboxylic acids is 1. The van der Waals surface area contributed by atoms with Gasteiger partial charge >= 0.3 is 0 Å². The van der Waals surface area contributed by atoms with Crippen molar-refractivity contribution in [1.82, 2.24) is 5.32 Å². The highest BCUT2D eigenvalue weighted by atomic mass is 16.5. The van der Waals surface area contributed by atoms with Gasteiger partial charge < -0.3 is 14.8 Å². The maximum Gasteiger partial charge on any atom is 0.257 e. The summed E-state index contributed by atoms with van der Waals surface area (Å²) in [5.41, 5.74) is 2.47. The fraction of sp³-hybridized carbons (Fsp3) is 0.333. The standard InChI is InChI=1S/C21H25N3O3/c1-15-8-10-16(11-9-15)20(25)24-21(22-14-19-7-4-12-27-19)23-17-5-3-6-18(13-17)26-2/h3,5-6,8-11,13,19H,4,7,12,14H2,1-2H3,(H2,22,23,24,25)/t19-/m1/s1. The van der Waals surface area contributed by atoms with Crippen LogP contribution in [0, 0.1) is 6.92 Å². The smallest absolute Gasteiger partial charge is 0.257 e. The van der Waals surface area contributed by atoms with Crippen LogP contribution in [0.2, 0.25) is 0 Å². The topological polar surface area (TPSA) is 71.9 Å². The van der Waals surface area contributed by atoms with Crippen molar-refractivity contribution in [2.75, 3.05) is 25.6 Å². The van der Waals surface area contributed by atoms with E-state index in [1.807, 2.05) is 43.3 Å². The molecule has 0 unspecified atom stereocenters. The minimum atomic E-state index is -0.212. The molecule has 2 N–H and O–H groups in total. The number of nitrogens with one attached hydrogen (secondary N) is 2. The Labute approximate surface area is 159 Å². The molecule has 1 fully saturated rings. The lowest BCUT2D eigenvalue weighted by atomic mass is 10.1. The van der Waals surface area contributed by atoms with E-state index >= 15 is 0 Å². The van der Waals surface area contributed by atoms with Crippen LogP contribution in [0.4, 0.5) is 5.69 Å². The second-order valence-electron chi connectivity index (χ2n) is 6.50. The molecule has 2 aromatic carbocycles. The van der Waals surface area contributed by atoms with Gasteiger partial charge in [0.1, 0.15) is 5.75 Å². The average molecular weight is 367 g/mol. The number of aryl methyl sites for hydroxylation is 1. The lowest BCUT2D eigenvalue weighted by Gasteiger charge is -2.14. The molecule has 0 spiro atoms. The summed E-state index contributed by atoms with van der Waals surface area (Å²) in [7, 11) is 1.62. The third kappa shape index (κ3) is 5.56. The molecule has 0 saturated carbocycles. The second kappa shape index (κ2) is 9.19. The number of aliphatic imine (C=N–C) groups is 1. The van der Waals surface area contributed by atoms with Gasteiger partial charge in [0.25, 0.3) is 5.91 Å². The van der Waals surface area contributed by atoms with Crippen LogP contribution in [0.25, 0.3) is 0 Å². The van der Waals surface area contributed by atoms with Crippen molar-refractivity contribution >= 4 is 17.6 Å². The summed E-state index contributed by atoms with van der Waals surface area (Å²) >= 11 is 0. The molecule has 27 heavy (non-hydrogen) atoms. The van der Waals surface area contributed by atoms with Crippen molar-refractivity contribution in [3.05, 3.63) is 59.7 Å². The Kier molecular flexibility index (Phi) is 6.44. The Hall–Kier alpha value is -2.86. The third-order valence-corrected chi connectivity index (χ3v) is 4.36. The van der Waals surface area contributed by atoms with Crippen LogP contribution in [-0.2, 0) is 4.74 Å². The summed E-state index contributed by atoms with van der Waals surface area (Å²) in [6, 6.07) is 14.9. The van der Waals surface area contributed by atoms with Crippen LogP contribution in [-0.4, -0.2) is 38.2 Å². The largest absolute Gasteiger partial charge is 0.497 e. The molecule has 1 aliphatic rings. The van der Waals surface area contributed by atoms with Gasteiger partial charge in [0.2, 0.25) is 5.96 Å². The molecule has 0 radical (unpaired) electrons. The first-order chi connectivity index (χ1) is 13.1. The number of nitrogens with zero attached hydrogens (tertiary/aromatic N) is 1. The van der Waals surface area contributed by atoms with Gasteiger partial charge in [-0.05, 0) is 44.0 Å². The van der Waals surface area contributed by atoms with Crippen LogP contribution in [0.1, 0.15) is 28.8 Å². The quantitative estimate of drug-likeness (QED) is 0.628. The molecule has 1 heterocycles. The van der Waals surface area contributed by atoms with Gasteiger partial charge in [0.15, 0.2) is 0 Å². The maximum atomic E-state index is 12.6. The number of hydrogen-bond acceptors (Lipinski definition) is 4. The molecule has 2 aromatic rings. The predicted molar refractivity (Wildman–Crippen MR) is 107 cm³/mol. The van der Waals surface area contributed by atoms with Gasteiger partial charge in [-0.25, -0.2) is 4.99 Å². The van der Waals surface area contributed by atoms with Gasteiger partial charge in [-0.1, -0.05) is 23.8 Å². The molecule has 142 valence electrons. The monoisotopic (exact) mass is 367 g/mol. The van der Waals surface area contributed by atoms with Crippen molar-refractivity contribution < 1.29 is 14.3 Å². The van der Waals surface area contributed by atoms with Crippen molar-refractivity contribution in [2.24, 2.45) is 4.99 Å². The number of rotatable bonds is 5. The van der Waals surface area contributed by atoms with Crippen LogP contribution in [0.5, 0.6) is 5.75 Å². The number of benzene rings is 2. The van der Waals surface area contributed by atoms with E-state index in [2.05, 4.69) is 15.6 Å². The summed E-state index contributed by atoms with van der Waals surface area (Å²) in [4.78, 5) is 17.1. The molecule has 0 bridgehead atoms. The second-order valence-corrected chi connectivity index (χ2v) is 6.50. The normalized spacial score (nSPS) is 16.8. The van der Waals surface area contributed by atoms with E-state index in [-0.39, 0.29) is 12.0 Å². The number of methoxy groups -OCH3 is 1. The van der Waals surface area contributed by atoms with E-state index in [4.69, 9.17) is 9.47 Å². The fourth-order valence-electron chi connectivity index (χ4n) is 2.81. The molecule has 1 aliphatic heterocycles. The molecule has 0 aliphatic carbocycles. The predicted octanol–water partition coefficient (Wildman–Crippen LogP) is 3.38. The van der Waals surface area contributed by atoms with Crippen LogP contribution in [0.3, 0.4) is 0 Å². The van der Waals surface area contributed by atoms with Gasteiger partial charge in [-0.3, -0.25) is 10.1 Å². The third-order valence-electron chi connectivity index (χ3n) is 4.36. The van der Waals surface area contributed by atoms with Crippen LogP contribution < -0.4 is 15.4 Å². The van der Waals surface area contributed by atoms with Crippen LogP contribution in [0.15, 0.2) is 53.5 Å². The molecule has 6 nitrogen and oxygen atoms in total. The van der Waals surface area contributed by atoms with Gasteiger partial charge in [0.05, 0.1) is 19.8 Å². The van der Waals surface area contributed by atoms with E-state index in [1.165, 1.54) is 0 Å². The summed E-state index contributed by atoms with van der Waals surface area (Å²) in [6.07, 6.45) is 2.14. The minimum Gasteiger partial charge on any atom is -0.497 e. The van der Waals surface area contributed by atoms with Crippen molar-refractivity contribution in [3.8, 4) is 5.75 Å². The number of carbonyl (C=O) groups is 1. The number of hydrogen-bond donors (Lipinski definition) is 2. The zero-order chi connectivity index (χ0) is 19.1. The molecule has 1 saturated heterocycles. The van der Waals surface area contributed by atoms with E-state index in [9.17, 15) is 4.79 Å². The summed E-state index contributed by atoms with van der Waals surface area (Å²) in [6.45, 7) is 3.26. The number of guanidine groups is 1. The van der Waals surface area contributed by atoms with E-state index in [0.717, 1.165) is 36.4 Å². The highest BCUT2D eigenvalue weighted by Crippen LogP contribution is 2.17. The highest BCUT2D eigenvalue weighted by Gasteiger charge is 2.16. The molecule has 1 atom stereocenters. The lowest BCUT2D eigenvalue weighted by Crippen LogP contribution is -2.36. The van der Waals surface area contributed by atoms with E-state index < -0.39 is 0 Å². The summed E-state index contributed by atoms with van der Waals surface area (Å²) in [5, 5.41) is 6.04. The molecule has 3 rings (SSSR count). The Balaban J connectivity index is 1.74. The maximum absolute atomic E-state index is 12.6. The molecule has 1 amide bonds. The molecular formula is C21H25N3O3. The van der Waals surface area contributed by atoms with Gasteiger partial charge in [-0.15, -0.1) is 0 Å². The van der Waals surface area contributed by atoms with E-state index in [0.29, 0.717) is 18.1 Å². The lowest BCUT2D eigenvalue weighted by molar-refractivity contribution is 0.0975. The van der Waals surface area contributed by atoms with Crippen molar-refractivity contribution in [2.45, 2.75) is 25.9 Å². The first-order valence-electron chi connectivity index (χ1n) is 9.09. The Morgan fingerprint density at radius 1 is 1.26 bits per heavy atom. The number of anilines is 1. The zero-order valence-corrected chi connectivity index (χ0v) is 15.7.